The van der Waals surface area contributed by atoms with Gasteiger partial charge >= 0.3 is 5.97 Å². The second kappa shape index (κ2) is 11.4. The van der Waals surface area contributed by atoms with Crippen molar-refractivity contribution in [2.24, 2.45) is 0 Å². The van der Waals surface area contributed by atoms with E-state index in [-0.39, 0.29) is 12.0 Å². The Kier molecular flexibility index (Phi) is 7.44. The lowest BCUT2D eigenvalue weighted by atomic mass is 10.1. The highest BCUT2D eigenvalue weighted by atomic mass is 16.5. The van der Waals surface area contributed by atoms with E-state index < -0.39 is 17.9 Å². The number of rotatable bonds is 1. The maximum Gasteiger partial charge on any atom is 0.328 e. The van der Waals surface area contributed by atoms with E-state index in [1.165, 1.54) is 7.11 Å². The molecule has 0 spiro atoms. The molecular formula is C29H26N4O5. The zero-order valence-corrected chi connectivity index (χ0v) is 20.7. The van der Waals surface area contributed by atoms with Crippen molar-refractivity contribution in [3.63, 3.8) is 0 Å². The van der Waals surface area contributed by atoms with Crippen LogP contribution in [-0.2, 0) is 16.0 Å². The van der Waals surface area contributed by atoms with Gasteiger partial charge in [0.05, 0.1) is 18.4 Å². The van der Waals surface area contributed by atoms with Crippen molar-refractivity contribution in [2.45, 2.75) is 12.5 Å². The molecule has 1 atom stereocenters. The molecule has 4 aromatic rings. The molecule has 0 aliphatic carbocycles. The van der Waals surface area contributed by atoms with Gasteiger partial charge in [-0.05, 0) is 60.2 Å². The monoisotopic (exact) mass is 510 g/mol. The summed E-state index contributed by atoms with van der Waals surface area (Å²) in [6.07, 6.45) is 7.35. The Morgan fingerprint density at radius 2 is 1.79 bits per heavy atom. The number of amides is 1. The first kappa shape index (κ1) is 24.8. The van der Waals surface area contributed by atoms with E-state index in [1.54, 1.807) is 29.2 Å². The minimum Gasteiger partial charge on any atom is -0.490 e. The highest BCUT2D eigenvalue weighted by Crippen LogP contribution is 2.24. The first-order valence-corrected chi connectivity index (χ1v) is 12.1. The number of hydrogen-bond donors (Lipinski definition) is 1. The number of methoxy groups -OCH3 is 1. The van der Waals surface area contributed by atoms with Crippen LogP contribution in [-0.4, -0.2) is 53.0 Å². The van der Waals surface area contributed by atoms with Crippen LogP contribution in [0.15, 0.2) is 91.3 Å². The second-order valence-electron chi connectivity index (χ2n) is 8.54. The Hall–Kier alpha value is -4.92. The molecule has 0 saturated heterocycles. The summed E-state index contributed by atoms with van der Waals surface area (Å²) in [5, 5.41) is 7.45. The van der Waals surface area contributed by atoms with Gasteiger partial charge in [-0.15, -0.1) is 0 Å². The first-order valence-electron chi connectivity index (χ1n) is 12.1. The third-order valence-electron chi connectivity index (χ3n) is 5.98. The molecule has 6 rings (SSSR count). The molecule has 2 aliphatic heterocycles. The van der Waals surface area contributed by atoms with Crippen molar-refractivity contribution in [1.82, 2.24) is 20.1 Å². The van der Waals surface area contributed by atoms with Crippen molar-refractivity contribution in [1.29, 1.82) is 0 Å². The van der Waals surface area contributed by atoms with Gasteiger partial charge in [-0.2, -0.15) is 5.10 Å². The first-order chi connectivity index (χ1) is 18.6. The van der Waals surface area contributed by atoms with Crippen molar-refractivity contribution in [3.8, 4) is 28.6 Å². The van der Waals surface area contributed by atoms with E-state index in [0.717, 1.165) is 11.1 Å². The number of esters is 1. The number of benzene rings is 2. The minimum absolute atomic E-state index is 0.244. The summed E-state index contributed by atoms with van der Waals surface area (Å²) in [7, 11) is 1.29. The van der Waals surface area contributed by atoms with Crippen LogP contribution < -0.4 is 14.8 Å². The molecular weight excluding hydrogens is 484 g/mol. The summed E-state index contributed by atoms with van der Waals surface area (Å²) in [6, 6.07) is 19.2. The Morgan fingerprint density at radius 3 is 2.58 bits per heavy atom. The minimum atomic E-state index is -0.899. The van der Waals surface area contributed by atoms with Crippen LogP contribution in [0.5, 0.6) is 11.5 Å². The molecule has 4 heterocycles. The van der Waals surface area contributed by atoms with E-state index >= 15 is 0 Å². The fourth-order valence-electron chi connectivity index (χ4n) is 4.05. The molecule has 0 fully saturated rings. The van der Waals surface area contributed by atoms with Crippen LogP contribution in [0.2, 0.25) is 0 Å². The average Bonchev–Trinajstić information content (AvgIpc) is 3.45. The van der Waals surface area contributed by atoms with E-state index in [9.17, 15) is 9.59 Å². The molecule has 0 radical (unpaired) electrons. The van der Waals surface area contributed by atoms with Gasteiger partial charge in [0, 0.05) is 24.4 Å². The van der Waals surface area contributed by atoms with Crippen LogP contribution in [0.25, 0.3) is 17.1 Å². The van der Waals surface area contributed by atoms with E-state index in [4.69, 9.17) is 14.2 Å². The van der Waals surface area contributed by atoms with Gasteiger partial charge in [0.1, 0.15) is 30.8 Å². The van der Waals surface area contributed by atoms with Crippen molar-refractivity contribution in [2.75, 3.05) is 20.3 Å². The van der Waals surface area contributed by atoms with Crippen molar-refractivity contribution < 1.29 is 23.8 Å². The molecule has 9 nitrogen and oxygen atoms in total. The number of carbonyl (C=O) groups is 2. The molecule has 2 aromatic heterocycles. The lowest BCUT2D eigenvalue weighted by Gasteiger charge is -2.18. The van der Waals surface area contributed by atoms with Crippen molar-refractivity contribution >= 4 is 11.9 Å². The summed E-state index contributed by atoms with van der Waals surface area (Å²) >= 11 is 0. The van der Waals surface area contributed by atoms with Crippen LogP contribution >= 0.6 is 0 Å². The number of ether oxygens (including phenoxy) is 3. The number of hydrogen-bond acceptors (Lipinski definition) is 7. The van der Waals surface area contributed by atoms with Crippen molar-refractivity contribution in [3.05, 3.63) is 102 Å². The summed E-state index contributed by atoms with van der Waals surface area (Å²) in [5.74, 6) is 0.704. The standard InChI is InChI=1S/C29H26N4O5/c1-36-29(35)26-18-20-9-11-22(12-10-20)37-16-2-3-17-38-23-7-4-6-21(19-23)25-13-15-33(32-25)27-24(28(34)31-26)8-5-14-30-27/h2-15,19,26H,16-18H2,1H3,(H,31,34)/t26-/m0/s1. The molecule has 9 heteroatoms. The lowest BCUT2D eigenvalue weighted by molar-refractivity contribution is -0.142. The highest BCUT2D eigenvalue weighted by molar-refractivity contribution is 5.99. The predicted octanol–water partition coefficient (Wildman–Crippen LogP) is 3.78. The number of pyridine rings is 1. The molecule has 0 saturated carbocycles. The summed E-state index contributed by atoms with van der Waals surface area (Å²) < 4.78 is 18.1. The van der Waals surface area contributed by atoms with Gasteiger partial charge in [0.15, 0.2) is 5.82 Å². The summed E-state index contributed by atoms with van der Waals surface area (Å²) in [5.41, 5.74) is 2.65. The van der Waals surface area contributed by atoms with Crippen LogP contribution in [0.4, 0.5) is 0 Å². The van der Waals surface area contributed by atoms with Gasteiger partial charge in [-0.1, -0.05) is 24.3 Å². The fourth-order valence-corrected chi connectivity index (χ4v) is 4.05. The van der Waals surface area contributed by atoms with E-state index in [2.05, 4.69) is 15.4 Å². The van der Waals surface area contributed by atoms with Gasteiger partial charge in [-0.3, -0.25) is 4.79 Å². The van der Waals surface area contributed by atoms with Crippen LogP contribution in [0.3, 0.4) is 0 Å². The maximum atomic E-state index is 13.4. The Bertz CT molecular complexity index is 1460. The summed E-state index contributed by atoms with van der Waals surface area (Å²) in [6.45, 7) is 0.774. The third-order valence-corrected chi connectivity index (χ3v) is 5.98. The maximum absolute atomic E-state index is 13.4. The molecule has 6 bridgehead atoms. The number of nitrogens with zero attached hydrogens (tertiary/aromatic N) is 3. The summed E-state index contributed by atoms with van der Waals surface area (Å²) in [4.78, 5) is 30.3. The number of nitrogens with one attached hydrogen (secondary N) is 1. The largest absolute Gasteiger partial charge is 0.490 e. The predicted molar refractivity (Wildman–Crippen MR) is 140 cm³/mol. The van der Waals surface area contributed by atoms with Crippen LogP contribution in [0, 0.1) is 0 Å². The van der Waals surface area contributed by atoms with E-state index in [0.29, 0.717) is 36.2 Å². The normalized spacial score (nSPS) is 15.6. The van der Waals surface area contributed by atoms with Gasteiger partial charge in [0.25, 0.3) is 5.91 Å². The Labute approximate surface area is 219 Å². The fraction of sp³-hybridized carbons (Fsp3) is 0.172. The zero-order chi connectivity index (χ0) is 26.3. The molecule has 1 N–H and O–H groups in total. The average molecular weight is 511 g/mol. The Balaban J connectivity index is 1.51. The second-order valence-corrected chi connectivity index (χ2v) is 8.54. The molecule has 38 heavy (non-hydrogen) atoms. The number of fused-ring (bicyclic) bond motifs is 9. The molecule has 1 amide bonds. The van der Waals surface area contributed by atoms with Gasteiger partial charge < -0.3 is 19.5 Å². The van der Waals surface area contributed by atoms with Gasteiger partial charge in [0.2, 0.25) is 0 Å². The lowest BCUT2D eigenvalue weighted by Crippen LogP contribution is -2.43. The molecule has 2 aliphatic rings. The quantitative estimate of drug-likeness (QED) is 0.307. The van der Waals surface area contributed by atoms with Gasteiger partial charge in [-0.25, -0.2) is 14.5 Å². The molecule has 2 aromatic carbocycles. The SMILES string of the molecule is COC(=O)[C@@H]1Cc2ccc(cc2)OCC=CCOc2cccc(c2)-c2ccn(n2)-c2ncccc2C(=O)N1. The zero-order valence-electron chi connectivity index (χ0n) is 20.7. The van der Waals surface area contributed by atoms with E-state index in [1.807, 2.05) is 66.7 Å². The topological polar surface area (TPSA) is 105 Å². The smallest absolute Gasteiger partial charge is 0.328 e. The Morgan fingerprint density at radius 1 is 1.00 bits per heavy atom. The third kappa shape index (κ3) is 5.73. The highest BCUT2D eigenvalue weighted by Gasteiger charge is 2.25. The molecule has 0 unspecified atom stereocenters. The number of aromatic nitrogens is 3. The van der Waals surface area contributed by atoms with Crippen LogP contribution in [0.1, 0.15) is 15.9 Å². The molecule has 192 valence electrons. The number of carbonyl (C=O) groups excluding carboxylic acids is 2.